The quantitative estimate of drug-likeness (QED) is 0.682. The number of fused-ring (bicyclic) bond motifs is 1. The maximum Gasteiger partial charge on any atom is 0.351 e. The van der Waals surface area contributed by atoms with Crippen LogP contribution in [0.1, 0.15) is 28.5 Å². The molecule has 0 unspecified atom stereocenters. The molecule has 0 bridgehead atoms. The topological polar surface area (TPSA) is 78.5 Å². The predicted molar refractivity (Wildman–Crippen MR) is 93.0 cm³/mol. The van der Waals surface area contributed by atoms with Crippen molar-refractivity contribution in [2.24, 2.45) is 0 Å². The minimum Gasteiger partial charge on any atom is -0.462 e. The van der Waals surface area contributed by atoms with Gasteiger partial charge in [0, 0.05) is 11.8 Å². The molecule has 0 aliphatic carbocycles. The van der Waals surface area contributed by atoms with Crippen molar-refractivity contribution in [2.75, 3.05) is 6.61 Å². The Morgan fingerprint density at radius 1 is 1.16 bits per heavy atom. The molecule has 1 aromatic carbocycles. The number of esters is 1. The summed E-state index contributed by atoms with van der Waals surface area (Å²) < 4.78 is 11.6. The standard InChI is InChI=1S/C19H17NO5/c1-3-24-18(22)15-10-14-16(25-19(15)23)9-12(2)20(17(14)21)11-13-7-5-4-6-8-13/h4-10H,3,11H2,1-2H3. The van der Waals surface area contributed by atoms with Crippen molar-refractivity contribution in [1.82, 2.24) is 4.57 Å². The fourth-order valence-corrected chi connectivity index (χ4v) is 2.65. The zero-order valence-corrected chi connectivity index (χ0v) is 13.9. The zero-order chi connectivity index (χ0) is 18.0. The van der Waals surface area contributed by atoms with Crippen LogP contribution in [0.25, 0.3) is 11.0 Å². The fraction of sp³-hybridized carbons (Fsp3) is 0.211. The Balaban J connectivity index is 2.17. The molecule has 3 rings (SSSR count). The highest BCUT2D eigenvalue weighted by molar-refractivity contribution is 5.92. The van der Waals surface area contributed by atoms with E-state index in [9.17, 15) is 14.4 Å². The Hall–Kier alpha value is -3.15. The second-order valence-electron chi connectivity index (χ2n) is 5.61. The van der Waals surface area contributed by atoms with Crippen molar-refractivity contribution >= 4 is 16.9 Å². The van der Waals surface area contributed by atoms with Crippen LogP contribution in [-0.2, 0) is 11.3 Å². The van der Waals surface area contributed by atoms with Crippen molar-refractivity contribution in [3.8, 4) is 0 Å². The molecule has 128 valence electrons. The summed E-state index contributed by atoms with van der Waals surface area (Å²) in [5, 5.41) is 0.171. The summed E-state index contributed by atoms with van der Waals surface area (Å²) in [4.78, 5) is 36.7. The van der Waals surface area contributed by atoms with Gasteiger partial charge in [0.1, 0.15) is 11.1 Å². The van der Waals surface area contributed by atoms with E-state index in [2.05, 4.69) is 0 Å². The molecule has 0 saturated carbocycles. The van der Waals surface area contributed by atoms with E-state index in [4.69, 9.17) is 9.15 Å². The molecule has 6 heteroatoms. The Labute approximate surface area is 143 Å². The highest BCUT2D eigenvalue weighted by Gasteiger charge is 2.17. The van der Waals surface area contributed by atoms with Crippen molar-refractivity contribution in [3.63, 3.8) is 0 Å². The summed E-state index contributed by atoms with van der Waals surface area (Å²) in [6, 6.07) is 12.4. The Bertz CT molecular complexity index is 1050. The maximum absolute atomic E-state index is 12.8. The second kappa shape index (κ2) is 6.76. The maximum atomic E-state index is 12.8. The molecule has 0 atom stereocenters. The van der Waals surface area contributed by atoms with E-state index in [1.807, 2.05) is 30.3 Å². The van der Waals surface area contributed by atoms with E-state index >= 15 is 0 Å². The molecule has 0 spiro atoms. The first-order chi connectivity index (χ1) is 12.0. The van der Waals surface area contributed by atoms with Gasteiger partial charge in [-0.05, 0) is 25.5 Å². The summed E-state index contributed by atoms with van der Waals surface area (Å²) in [6.45, 7) is 3.91. The van der Waals surface area contributed by atoms with E-state index < -0.39 is 11.6 Å². The Morgan fingerprint density at radius 2 is 1.88 bits per heavy atom. The summed E-state index contributed by atoms with van der Waals surface area (Å²) in [6.07, 6.45) is 0. The number of ether oxygens (including phenoxy) is 1. The normalized spacial score (nSPS) is 10.8. The van der Waals surface area contributed by atoms with Gasteiger partial charge in [-0.3, -0.25) is 4.79 Å². The molecule has 2 aromatic heterocycles. The fourth-order valence-electron chi connectivity index (χ4n) is 2.65. The van der Waals surface area contributed by atoms with E-state index in [-0.39, 0.29) is 28.7 Å². The van der Waals surface area contributed by atoms with E-state index in [0.29, 0.717) is 12.2 Å². The summed E-state index contributed by atoms with van der Waals surface area (Å²) >= 11 is 0. The molecule has 0 aliphatic heterocycles. The SMILES string of the molecule is CCOC(=O)c1cc2c(=O)n(Cc3ccccc3)c(C)cc2oc1=O. The number of hydrogen-bond donors (Lipinski definition) is 0. The largest absolute Gasteiger partial charge is 0.462 e. The molecule has 3 aromatic rings. The number of aryl methyl sites for hydroxylation is 1. The number of carbonyl (C=O) groups is 1. The van der Waals surface area contributed by atoms with Crippen LogP contribution in [-0.4, -0.2) is 17.1 Å². The first kappa shape index (κ1) is 16.7. The number of rotatable bonds is 4. The second-order valence-corrected chi connectivity index (χ2v) is 5.61. The first-order valence-electron chi connectivity index (χ1n) is 7.90. The minimum atomic E-state index is -0.814. The number of nitrogens with zero attached hydrogens (tertiary/aromatic N) is 1. The third kappa shape index (κ3) is 3.24. The molecule has 0 aliphatic rings. The molecule has 0 amide bonds. The number of benzene rings is 1. The van der Waals surface area contributed by atoms with Gasteiger partial charge in [-0.25, -0.2) is 9.59 Å². The van der Waals surface area contributed by atoms with Crippen LogP contribution >= 0.6 is 0 Å². The van der Waals surface area contributed by atoms with Crippen LogP contribution in [0.15, 0.2) is 56.5 Å². The van der Waals surface area contributed by atoms with Gasteiger partial charge < -0.3 is 13.7 Å². The smallest absolute Gasteiger partial charge is 0.351 e. The van der Waals surface area contributed by atoms with Crippen LogP contribution in [0.3, 0.4) is 0 Å². The lowest BCUT2D eigenvalue weighted by atomic mass is 10.1. The third-order valence-corrected chi connectivity index (χ3v) is 3.90. The lowest BCUT2D eigenvalue weighted by Gasteiger charge is -2.11. The van der Waals surface area contributed by atoms with Gasteiger partial charge in [0.2, 0.25) is 0 Å². The van der Waals surface area contributed by atoms with Gasteiger partial charge in [0.15, 0.2) is 0 Å². The highest BCUT2D eigenvalue weighted by Crippen LogP contribution is 2.13. The van der Waals surface area contributed by atoms with Gasteiger partial charge in [-0.2, -0.15) is 0 Å². The summed E-state index contributed by atoms with van der Waals surface area (Å²) in [7, 11) is 0. The van der Waals surface area contributed by atoms with Crippen molar-refractivity contribution in [2.45, 2.75) is 20.4 Å². The highest BCUT2D eigenvalue weighted by atomic mass is 16.5. The summed E-state index contributed by atoms with van der Waals surface area (Å²) in [5.41, 5.74) is 0.369. The average molecular weight is 339 g/mol. The van der Waals surface area contributed by atoms with Gasteiger partial charge in [0.05, 0.1) is 18.5 Å². The number of aromatic nitrogens is 1. The number of pyridine rings is 1. The van der Waals surface area contributed by atoms with Gasteiger partial charge >= 0.3 is 11.6 Å². The van der Waals surface area contributed by atoms with Gasteiger partial charge in [-0.1, -0.05) is 30.3 Å². The van der Waals surface area contributed by atoms with Crippen LogP contribution in [0, 0.1) is 6.92 Å². The lowest BCUT2D eigenvalue weighted by Crippen LogP contribution is -2.25. The molecule has 2 heterocycles. The summed E-state index contributed by atoms with van der Waals surface area (Å²) in [5.74, 6) is -0.798. The van der Waals surface area contributed by atoms with Crippen molar-refractivity contribution in [3.05, 3.63) is 80.1 Å². The molecule has 6 nitrogen and oxygen atoms in total. The van der Waals surface area contributed by atoms with Crippen LogP contribution < -0.4 is 11.2 Å². The molecular weight excluding hydrogens is 322 g/mol. The molecule has 0 fully saturated rings. The third-order valence-electron chi connectivity index (χ3n) is 3.90. The lowest BCUT2D eigenvalue weighted by molar-refractivity contribution is 0.0522. The van der Waals surface area contributed by atoms with Gasteiger partial charge in [-0.15, -0.1) is 0 Å². The molecular formula is C19H17NO5. The van der Waals surface area contributed by atoms with Crippen LogP contribution in [0.5, 0.6) is 0 Å². The molecule has 0 saturated heterocycles. The molecule has 0 N–H and O–H groups in total. The predicted octanol–water partition coefficient (Wildman–Crippen LogP) is 2.49. The number of carbonyl (C=O) groups excluding carboxylic acids is 1. The van der Waals surface area contributed by atoms with Crippen molar-refractivity contribution < 1.29 is 13.9 Å². The van der Waals surface area contributed by atoms with E-state index in [1.54, 1.807) is 24.5 Å². The Morgan fingerprint density at radius 3 is 2.56 bits per heavy atom. The van der Waals surface area contributed by atoms with Gasteiger partial charge in [0.25, 0.3) is 5.56 Å². The number of hydrogen-bond acceptors (Lipinski definition) is 5. The zero-order valence-electron chi connectivity index (χ0n) is 13.9. The Kier molecular flexibility index (Phi) is 4.52. The molecule has 0 radical (unpaired) electrons. The van der Waals surface area contributed by atoms with Crippen LogP contribution in [0.2, 0.25) is 0 Å². The van der Waals surface area contributed by atoms with Crippen molar-refractivity contribution in [1.29, 1.82) is 0 Å². The average Bonchev–Trinajstić information content (AvgIpc) is 2.59. The van der Waals surface area contributed by atoms with Crippen LogP contribution in [0.4, 0.5) is 0 Å². The molecule has 25 heavy (non-hydrogen) atoms. The first-order valence-corrected chi connectivity index (χ1v) is 7.90. The minimum absolute atomic E-state index is 0.127. The monoisotopic (exact) mass is 339 g/mol. The van der Waals surface area contributed by atoms with E-state index in [0.717, 1.165) is 5.56 Å². The van der Waals surface area contributed by atoms with E-state index in [1.165, 1.54) is 6.07 Å².